The molecule has 0 aliphatic carbocycles. The van der Waals surface area contributed by atoms with Gasteiger partial charge in [-0.3, -0.25) is 9.36 Å². The third kappa shape index (κ3) is 3.86. The van der Waals surface area contributed by atoms with Crippen LogP contribution in [0.4, 0.5) is 4.39 Å². The van der Waals surface area contributed by atoms with Crippen LogP contribution in [-0.2, 0) is 16.1 Å². The van der Waals surface area contributed by atoms with Crippen LogP contribution in [0, 0.1) is 10.6 Å². The second-order valence-electron chi connectivity index (χ2n) is 5.55. The molecule has 3 rings (SSSR count). The van der Waals surface area contributed by atoms with Gasteiger partial charge < -0.3 is 9.30 Å². The van der Waals surface area contributed by atoms with Crippen molar-refractivity contribution in [2.45, 2.75) is 13.5 Å². The summed E-state index contributed by atoms with van der Waals surface area (Å²) >= 11 is 11.5. The van der Waals surface area contributed by atoms with Crippen molar-refractivity contribution in [3.63, 3.8) is 0 Å². The summed E-state index contributed by atoms with van der Waals surface area (Å²) in [7, 11) is 0. The molecule has 0 N–H and O–H groups in total. The zero-order valence-corrected chi connectivity index (χ0v) is 15.6. The van der Waals surface area contributed by atoms with Crippen LogP contribution in [0.3, 0.4) is 0 Å². The molecule has 26 heavy (non-hydrogen) atoms. The second kappa shape index (κ2) is 7.85. The minimum absolute atomic E-state index is 0.00145. The van der Waals surface area contributed by atoms with Gasteiger partial charge in [0.25, 0.3) is 0 Å². The molecule has 0 aliphatic heterocycles. The van der Waals surface area contributed by atoms with Crippen LogP contribution in [0.5, 0.6) is 0 Å². The van der Waals surface area contributed by atoms with Crippen molar-refractivity contribution >= 4 is 29.8 Å². The van der Waals surface area contributed by atoms with E-state index in [0.717, 1.165) is 16.9 Å². The lowest BCUT2D eigenvalue weighted by Crippen LogP contribution is -2.13. The van der Waals surface area contributed by atoms with Crippen molar-refractivity contribution in [2.24, 2.45) is 0 Å². The van der Waals surface area contributed by atoms with Gasteiger partial charge in [0.05, 0.1) is 12.3 Å². The average Bonchev–Trinajstić information content (AvgIpc) is 2.93. The number of hydrogen-bond acceptors (Lipinski definition) is 3. The maximum atomic E-state index is 13.3. The number of esters is 1. The first-order valence-electron chi connectivity index (χ1n) is 7.99. The molecule has 0 radical (unpaired) electrons. The van der Waals surface area contributed by atoms with E-state index in [1.807, 2.05) is 16.7 Å². The summed E-state index contributed by atoms with van der Waals surface area (Å²) in [5.74, 6) is -0.696. The highest BCUT2D eigenvalue weighted by atomic mass is 35.5. The highest BCUT2D eigenvalue weighted by molar-refractivity contribution is 7.71. The molecule has 0 spiro atoms. The van der Waals surface area contributed by atoms with Crippen LogP contribution in [0.15, 0.2) is 54.7 Å². The molecule has 7 heteroatoms. The van der Waals surface area contributed by atoms with Crippen molar-refractivity contribution in [1.29, 1.82) is 0 Å². The smallest absolute Gasteiger partial charge is 0.326 e. The van der Waals surface area contributed by atoms with Crippen LogP contribution in [0.2, 0.25) is 5.02 Å². The molecular weight excluding hydrogens is 375 g/mol. The van der Waals surface area contributed by atoms with E-state index in [4.69, 9.17) is 28.6 Å². The van der Waals surface area contributed by atoms with Crippen molar-refractivity contribution in [1.82, 2.24) is 9.13 Å². The van der Waals surface area contributed by atoms with Gasteiger partial charge >= 0.3 is 5.97 Å². The lowest BCUT2D eigenvalue weighted by Gasteiger charge is -2.09. The Bertz CT molecular complexity index is 978. The maximum absolute atomic E-state index is 13.3. The number of hydrogen-bond donors (Lipinski definition) is 0. The van der Waals surface area contributed by atoms with Gasteiger partial charge in [-0.25, -0.2) is 4.39 Å². The largest absolute Gasteiger partial charge is 0.465 e. The minimum atomic E-state index is -0.373. The van der Waals surface area contributed by atoms with E-state index in [1.54, 1.807) is 42.0 Å². The normalized spacial score (nSPS) is 10.7. The van der Waals surface area contributed by atoms with Gasteiger partial charge in [-0.15, -0.1) is 0 Å². The fraction of sp³-hybridized carbons (Fsp3) is 0.158. The zero-order valence-electron chi connectivity index (χ0n) is 14.0. The number of nitrogens with zero attached hydrogens (tertiary/aromatic N) is 2. The number of carbonyl (C=O) groups is 1. The zero-order chi connectivity index (χ0) is 18.7. The fourth-order valence-corrected chi connectivity index (χ4v) is 3.06. The average molecular weight is 391 g/mol. The SMILES string of the molecule is CCOC(=O)Cn1cc(-c2ccc(F)cc2)n(-c2ccc(Cl)cc2)c1=S. The Morgan fingerprint density at radius 2 is 1.81 bits per heavy atom. The Kier molecular flexibility index (Phi) is 5.54. The van der Waals surface area contributed by atoms with Gasteiger partial charge in [0.1, 0.15) is 12.4 Å². The summed E-state index contributed by atoms with van der Waals surface area (Å²) in [5, 5.41) is 0.606. The lowest BCUT2D eigenvalue weighted by molar-refractivity contribution is -0.143. The third-order valence-corrected chi connectivity index (χ3v) is 4.45. The quantitative estimate of drug-likeness (QED) is 0.452. The monoisotopic (exact) mass is 390 g/mol. The van der Waals surface area contributed by atoms with Crippen molar-refractivity contribution in [3.05, 3.63) is 70.3 Å². The Morgan fingerprint density at radius 3 is 2.42 bits per heavy atom. The highest BCUT2D eigenvalue weighted by Crippen LogP contribution is 2.26. The first kappa shape index (κ1) is 18.4. The second-order valence-corrected chi connectivity index (χ2v) is 6.35. The summed E-state index contributed by atoms with van der Waals surface area (Å²) < 4.78 is 22.2. The molecular formula is C19H16ClFN2O2S. The number of benzene rings is 2. The van der Waals surface area contributed by atoms with Crippen LogP contribution < -0.4 is 0 Å². The Hall–Kier alpha value is -2.44. The molecule has 3 aromatic rings. The predicted molar refractivity (Wildman–Crippen MR) is 102 cm³/mol. The maximum Gasteiger partial charge on any atom is 0.326 e. The molecule has 0 saturated heterocycles. The van der Waals surface area contributed by atoms with E-state index >= 15 is 0 Å². The number of carbonyl (C=O) groups excluding carboxylic acids is 1. The van der Waals surface area contributed by atoms with Crippen molar-refractivity contribution < 1.29 is 13.9 Å². The summed E-state index contributed by atoms with van der Waals surface area (Å²) in [6.45, 7) is 2.05. The van der Waals surface area contributed by atoms with Gasteiger partial charge in [0.2, 0.25) is 0 Å². The molecule has 1 heterocycles. The van der Waals surface area contributed by atoms with Crippen LogP contribution in [0.25, 0.3) is 16.9 Å². The molecule has 0 saturated carbocycles. The fourth-order valence-electron chi connectivity index (χ4n) is 2.62. The van der Waals surface area contributed by atoms with Gasteiger partial charge in [-0.2, -0.15) is 0 Å². The van der Waals surface area contributed by atoms with E-state index in [1.165, 1.54) is 12.1 Å². The van der Waals surface area contributed by atoms with Gasteiger partial charge in [-0.05, 0) is 67.7 Å². The highest BCUT2D eigenvalue weighted by Gasteiger charge is 2.15. The van der Waals surface area contributed by atoms with Crippen molar-refractivity contribution in [3.8, 4) is 16.9 Å². The molecule has 134 valence electrons. The molecule has 0 fully saturated rings. The molecule has 2 aromatic carbocycles. The van der Waals surface area contributed by atoms with E-state index < -0.39 is 0 Å². The van der Waals surface area contributed by atoms with E-state index in [-0.39, 0.29) is 18.3 Å². The first-order valence-corrected chi connectivity index (χ1v) is 8.78. The van der Waals surface area contributed by atoms with Gasteiger partial charge in [0.15, 0.2) is 4.77 Å². The number of aromatic nitrogens is 2. The summed E-state index contributed by atoms with van der Waals surface area (Å²) in [6, 6.07) is 13.3. The van der Waals surface area contributed by atoms with Crippen molar-refractivity contribution in [2.75, 3.05) is 6.61 Å². The molecule has 0 atom stereocenters. The molecule has 4 nitrogen and oxygen atoms in total. The summed E-state index contributed by atoms with van der Waals surface area (Å²) in [6.07, 6.45) is 1.76. The standard InChI is InChI=1S/C19H16ClFN2O2S/c1-2-25-18(24)12-22-11-17(13-3-7-15(21)8-4-13)23(19(22)26)16-9-5-14(20)6-10-16/h3-11H,2,12H2,1H3. The van der Waals surface area contributed by atoms with Gasteiger partial charge in [-0.1, -0.05) is 11.6 Å². The lowest BCUT2D eigenvalue weighted by atomic mass is 10.1. The number of halogens is 2. The van der Waals surface area contributed by atoms with E-state index in [9.17, 15) is 9.18 Å². The topological polar surface area (TPSA) is 36.2 Å². The Balaban J connectivity index is 2.14. The molecule has 1 aromatic heterocycles. The molecule has 0 aliphatic rings. The minimum Gasteiger partial charge on any atom is -0.465 e. The van der Waals surface area contributed by atoms with E-state index in [2.05, 4.69) is 0 Å². The predicted octanol–water partition coefficient (Wildman–Crippen LogP) is 5.03. The molecule has 0 bridgehead atoms. The van der Waals surface area contributed by atoms with E-state index in [0.29, 0.717) is 16.4 Å². The van der Waals surface area contributed by atoms with Crippen LogP contribution >= 0.6 is 23.8 Å². The first-order chi connectivity index (χ1) is 12.5. The van der Waals surface area contributed by atoms with Crippen LogP contribution in [-0.4, -0.2) is 21.7 Å². The molecule has 0 unspecified atom stereocenters. The Labute approximate surface area is 160 Å². The van der Waals surface area contributed by atoms with Crippen LogP contribution in [0.1, 0.15) is 6.92 Å². The number of imidazole rings is 1. The number of ether oxygens (including phenoxy) is 1. The third-order valence-electron chi connectivity index (χ3n) is 3.79. The summed E-state index contributed by atoms with van der Waals surface area (Å²) in [4.78, 5) is 11.9. The van der Waals surface area contributed by atoms with Gasteiger partial charge in [0, 0.05) is 22.5 Å². The number of rotatable bonds is 5. The summed E-state index contributed by atoms with van der Waals surface area (Å²) in [5.41, 5.74) is 2.30. The Morgan fingerprint density at radius 1 is 1.15 bits per heavy atom. The molecule has 0 amide bonds.